The zero-order chi connectivity index (χ0) is 13.3. The highest BCUT2D eigenvalue weighted by Crippen LogP contribution is 2.40. The largest absolute Gasteiger partial charge is 0.336 e. The highest BCUT2D eigenvalue weighted by molar-refractivity contribution is 5.84. The molecule has 3 atom stereocenters. The summed E-state index contributed by atoms with van der Waals surface area (Å²) in [6.45, 7) is 10.7. The topological polar surface area (TPSA) is 32.3 Å². The van der Waals surface area contributed by atoms with Gasteiger partial charge in [0.2, 0.25) is 5.91 Å². The summed E-state index contributed by atoms with van der Waals surface area (Å²) in [5.41, 5.74) is -0.147. The van der Waals surface area contributed by atoms with Crippen LogP contribution in [0, 0.1) is 11.3 Å². The van der Waals surface area contributed by atoms with Crippen LogP contribution in [0.1, 0.15) is 53.4 Å². The Labute approximate surface area is 111 Å². The number of carbonyl (C=O) groups excluding carboxylic acids is 1. The summed E-state index contributed by atoms with van der Waals surface area (Å²) in [5, 5.41) is 3.40. The summed E-state index contributed by atoms with van der Waals surface area (Å²) >= 11 is 0. The lowest BCUT2D eigenvalue weighted by Crippen LogP contribution is -2.52. The first-order valence-corrected chi connectivity index (χ1v) is 7.56. The van der Waals surface area contributed by atoms with Crippen LogP contribution in [0.3, 0.4) is 0 Å². The molecule has 104 valence electrons. The van der Waals surface area contributed by atoms with Crippen LogP contribution in [0.5, 0.6) is 0 Å². The first kappa shape index (κ1) is 13.9. The number of nitrogens with zero attached hydrogens (tertiary/aromatic N) is 1. The molecule has 2 rings (SSSR count). The lowest BCUT2D eigenvalue weighted by molar-refractivity contribution is -0.146. The van der Waals surface area contributed by atoms with Gasteiger partial charge >= 0.3 is 0 Å². The third-order valence-corrected chi connectivity index (χ3v) is 5.21. The van der Waals surface area contributed by atoms with Crippen LogP contribution in [0.4, 0.5) is 0 Å². The van der Waals surface area contributed by atoms with Gasteiger partial charge in [0, 0.05) is 18.6 Å². The number of hydrogen-bond acceptors (Lipinski definition) is 2. The summed E-state index contributed by atoms with van der Waals surface area (Å²) in [7, 11) is 0. The van der Waals surface area contributed by atoms with E-state index in [1.165, 1.54) is 12.8 Å². The van der Waals surface area contributed by atoms with Gasteiger partial charge < -0.3 is 10.2 Å². The van der Waals surface area contributed by atoms with Gasteiger partial charge in [-0.25, -0.2) is 0 Å². The third-order valence-electron chi connectivity index (χ3n) is 5.21. The molecular formula is C15H28N2O. The Morgan fingerprint density at radius 2 is 2.17 bits per heavy atom. The molecule has 18 heavy (non-hydrogen) atoms. The van der Waals surface area contributed by atoms with Gasteiger partial charge in [-0.2, -0.15) is 0 Å². The second kappa shape index (κ2) is 5.20. The van der Waals surface area contributed by atoms with Crippen molar-refractivity contribution in [2.24, 2.45) is 11.3 Å². The van der Waals surface area contributed by atoms with Crippen LogP contribution in [-0.4, -0.2) is 36.0 Å². The first-order chi connectivity index (χ1) is 8.53. The van der Waals surface area contributed by atoms with E-state index in [2.05, 4.69) is 37.9 Å². The molecule has 2 heterocycles. The van der Waals surface area contributed by atoms with Gasteiger partial charge in [0.05, 0.1) is 5.41 Å². The smallest absolute Gasteiger partial charge is 0.230 e. The van der Waals surface area contributed by atoms with E-state index < -0.39 is 0 Å². The molecule has 1 amide bonds. The normalized spacial score (nSPS) is 36.6. The lowest BCUT2D eigenvalue weighted by Gasteiger charge is -2.39. The average Bonchev–Trinajstić information content (AvgIpc) is 2.95. The Morgan fingerprint density at radius 1 is 1.44 bits per heavy atom. The van der Waals surface area contributed by atoms with E-state index in [4.69, 9.17) is 0 Å². The summed E-state index contributed by atoms with van der Waals surface area (Å²) < 4.78 is 0. The Morgan fingerprint density at radius 3 is 2.67 bits per heavy atom. The van der Waals surface area contributed by atoms with Crippen molar-refractivity contribution in [3.63, 3.8) is 0 Å². The summed E-state index contributed by atoms with van der Waals surface area (Å²) in [6.07, 6.45) is 4.46. The van der Waals surface area contributed by atoms with Crippen molar-refractivity contribution >= 4 is 5.91 Å². The van der Waals surface area contributed by atoms with Crippen LogP contribution in [0.2, 0.25) is 0 Å². The molecule has 3 unspecified atom stereocenters. The van der Waals surface area contributed by atoms with Crippen LogP contribution in [-0.2, 0) is 4.79 Å². The Kier molecular flexibility index (Phi) is 4.00. The first-order valence-electron chi connectivity index (χ1n) is 7.56. The number of likely N-dealkylation sites (tertiary alicyclic amines) is 1. The van der Waals surface area contributed by atoms with Gasteiger partial charge in [-0.05, 0) is 45.1 Å². The number of rotatable bonds is 3. The molecule has 2 aliphatic rings. The van der Waals surface area contributed by atoms with Gasteiger partial charge in [-0.15, -0.1) is 0 Å². The van der Waals surface area contributed by atoms with E-state index >= 15 is 0 Å². The van der Waals surface area contributed by atoms with Crippen molar-refractivity contribution < 1.29 is 4.79 Å². The van der Waals surface area contributed by atoms with Crippen molar-refractivity contribution in [1.82, 2.24) is 10.2 Å². The number of carbonyl (C=O) groups is 1. The maximum atomic E-state index is 13.1. The minimum absolute atomic E-state index is 0.147. The lowest BCUT2D eigenvalue weighted by atomic mass is 9.75. The third kappa shape index (κ3) is 2.07. The molecule has 0 aromatic rings. The quantitative estimate of drug-likeness (QED) is 0.836. The van der Waals surface area contributed by atoms with E-state index in [0.29, 0.717) is 23.9 Å². The van der Waals surface area contributed by atoms with Crippen molar-refractivity contribution in [3.8, 4) is 0 Å². The molecule has 2 saturated heterocycles. The van der Waals surface area contributed by atoms with Crippen molar-refractivity contribution in [2.75, 3.05) is 13.1 Å². The van der Waals surface area contributed by atoms with Gasteiger partial charge in [0.15, 0.2) is 0 Å². The van der Waals surface area contributed by atoms with E-state index in [9.17, 15) is 4.79 Å². The number of nitrogens with one attached hydrogen (secondary N) is 1. The van der Waals surface area contributed by atoms with Crippen molar-refractivity contribution in [3.05, 3.63) is 0 Å². The molecule has 0 aromatic carbocycles. The standard InChI is InChI=1S/C15H28N2O/c1-5-13-7-6-12(4)17(13)14(18)15(11(2)3)8-9-16-10-15/h11-13,16H,5-10H2,1-4H3. The van der Waals surface area contributed by atoms with Gasteiger partial charge in [-0.3, -0.25) is 4.79 Å². The van der Waals surface area contributed by atoms with Crippen molar-refractivity contribution in [1.29, 1.82) is 0 Å². The number of hydrogen-bond donors (Lipinski definition) is 1. The Hall–Kier alpha value is -0.570. The summed E-state index contributed by atoms with van der Waals surface area (Å²) in [5.74, 6) is 0.838. The van der Waals surface area contributed by atoms with Crippen molar-refractivity contribution in [2.45, 2.75) is 65.5 Å². The van der Waals surface area contributed by atoms with Gasteiger partial charge in [0.1, 0.15) is 0 Å². The monoisotopic (exact) mass is 252 g/mol. The summed E-state index contributed by atoms with van der Waals surface area (Å²) in [6, 6.07) is 0.905. The minimum Gasteiger partial charge on any atom is -0.336 e. The van der Waals surface area contributed by atoms with Crippen LogP contribution < -0.4 is 5.32 Å². The van der Waals surface area contributed by atoms with E-state index in [1.807, 2.05) is 0 Å². The van der Waals surface area contributed by atoms with E-state index in [-0.39, 0.29) is 5.41 Å². The SMILES string of the molecule is CCC1CCC(C)N1C(=O)C1(C(C)C)CCNC1. The molecule has 0 spiro atoms. The second-order valence-electron chi connectivity index (χ2n) is 6.44. The molecule has 2 aliphatic heterocycles. The highest BCUT2D eigenvalue weighted by atomic mass is 16.2. The van der Waals surface area contributed by atoms with E-state index in [1.54, 1.807) is 0 Å². The molecule has 1 N–H and O–H groups in total. The Bertz CT molecular complexity index is 308. The maximum Gasteiger partial charge on any atom is 0.230 e. The average molecular weight is 252 g/mol. The number of amides is 1. The van der Waals surface area contributed by atoms with Gasteiger partial charge in [-0.1, -0.05) is 20.8 Å². The molecule has 0 bridgehead atoms. The molecular weight excluding hydrogens is 224 g/mol. The molecule has 0 aliphatic carbocycles. The molecule has 0 saturated carbocycles. The van der Waals surface area contributed by atoms with Crippen LogP contribution in [0.25, 0.3) is 0 Å². The zero-order valence-corrected chi connectivity index (χ0v) is 12.3. The highest BCUT2D eigenvalue weighted by Gasteiger charge is 2.49. The van der Waals surface area contributed by atoms with Crippen LogP contribution in [0.15, 0.2) is 0 Å². The summed E-state index contributed by atoms with van der Waals surface area (Å²) in [4.78, 5) is 15.3. The molecule has 3 nitrogen and oxygen atoms in total. The molecule has 3 heteroatoms. The zero-order valence-electron chi connectivity index (χ0n) is 12.3. The minimum atomic E-state index is -0.147. The predicted molar refractivity (Wildman–Crippen MR) is 74.4 cm³/mol. The fourth-order valence-electron chi connectivity index (χ4n) is 3.73. The maximum absolute atomic E-state index is 13.1. The molecule has 2 fully saturated rings. The predicted octanol–water partition coefficient (Wildman–Crippen LogP) is 2.41. The molecule has 0 aromatic heterocycles. The van der Waals surface area contributed by atoms with E-state index in [0.717, 1.165) is 25.9 Å². The van der Waals surface area contributed by atoms with Gasteiger partial charge in [0.25, 0.3) is 0 Å². The van der Waals surface area contributed by atoms with Crippen LogP contribution >= 0.6 is 0 Å². The fraction of sp³-hybridized carbons (Fsp3) is 0.933. The fourth-order valence-corrected chi connectivity index (χ4v) is 3.73. The molecule has 0 radical (unpaired) electrons. The second-order valence-corrected chi connectivity index (χ2v) is 6.44. The Balaban J connectivity index is 2.23.